The lowest BCUT2D eigenvalue weighted by molar-refractivity contribution is -0.385. The van der Waals surface area contributed by atoms with Crippen LogP contribution in [0.25, 0.3) is 0 Å². The number of methoxy groups -OCH3 is 1. The van der Waals surface area contributed by atoms with Gasteiger partial charge in [0, 0.05) is 37.9 Å². The molecule has 1 aliphatic rings. The Bertz CT molecular complexity index is 864. The van der Waals surface area contributed by atoms with Crippen LogP contribution in [0.15, 0.2) is 47.5 Å². The number of nitro benzene ring substituents is 1. The summed E-state index contributed by atoms with van der Waals surface area (Å²) in [6.07, 6.45) is 0. The summed E-state index contributed by atoms with van der Waals surface area (Å²) >= 11 is 0. The fraction of sp³-hybridized carbons (Fsp3) is 0.316. The molecular weight excluding hydrogens is 365 g/mol. The van der Waals surface area contributed by atoms with Gasteiger partial charge in [0.1, 0.15) is 5.82 Å². The Morgan fingerprint density at radius 1 is 1.21 bits per heavy atom. The Labute approximate surface area is 162 Å². The summed E-state index contributed by atoms with van der Waals surface area (Å²) in [6.45, 7) is 3.12. The topological polar surface area (TPSA) is 97.2 Å². The largest absolute Gasteiger partial charge is 0.490 e. The normalized spacial score (nSPS) is 14.9. The molecule has 1 aliphatic heterocycles. The summed E-state index contributed by atoms with van der Waals surface area (Å²) < 4.78 is 18.1. The van der Waals surface area contributed by atoms with Crippen LogP contribution < -0.4 is 15.4 Å². The molecule has 8 nitrogen and oxygen atoms in total. The Hall–Kier alpha value is -3.36. The van der Waals surface area contributed by atoms with Gasteiger partial charge in [-0.3, -0.25) is 10.1 Å². The van der Waals surface area contributed by atoms with Gasteiger partial charge in [0.25, 0.3) is 0 Å². The predicted octanol–water partition coefficient (Wildman–Crippen LogP) is 2.38. The van der Waals surface area contributed by atoms with Crippen LogP contribution in [0.4, 0.5) is 15.8 Å². The van der Waals surface area contributed by atoms with Gasteiger partial charge >= 0.3 is 5.69 Å². The van der Waals surface area contributed by atoms with Gasteiger partial charge in [0.05, 0.1) is 18.6 Å². The molecule has 1 fully saturated rings. The van der Waals surface area contributed by atoms with Crippen molar-refractivity contribution in [3.05, 3.63) is 64.0 Å². The molecule has 2 aromatic rings. The summed E-state index contributed by atoms with van der Waals surface area (Å²) in [5.41, 5.74) is 7.66. The number of ether oxygens (including phenoxy) is 1. The number of rotatable bonds is 5. The Kier molecular flexibility index (Phi) is 5.93. The highest BCUT2D eigenvalue weighted by molar-refractivity contribution is 5.78. The number of aliphatic imine (C=N–C) groups is 1. The second-order valence-electron chi connectivity index (χ2n) is 6.39. The Morgan fingerprint density at radius 3 is 2.50 bits per heavy atom. The van der Waals surface area contributed by atoms with E-state index < -0.39 is 4.92 Å². The third-order valence-electron chi connectivity index (χ3n) is 4.66. The lowest BCUT2D eigenvalue weighted by Crippen LogP contribution is -2.51. The van der Waals surface area contributed by atoms with E-state index >= 15 is 0 Å². The van der Waals surface area contributed by atoms with Crippen molar-refractivity contribution in [1.82, 2.24) is 4.90 Å². The molecule has 2 N–H and O–H groups in total. The molecule has 0 spiro atoms. The molecule has 9 heteroatoms. The maximum Gasteiger partial charge on any atom is 0.311 e. The molecule has 0 aliphatic carbocycles. The smallest absolute Gasteiger partial charge is 0.311 e. The molecule has 148 valence electrons. The van der Waals surface area contributed by atoms with Gasteiger partial charge in [-0.05, 0) is 35.9 Å². The van der Waals surface area contributed by atoms with Crippen molar-refractivity contribution < 1.29 is 14.1 Å². The molecule has 1 heterocycles. The monoisotopic (exact) mass is 387 g/mol. The number of benzene rings is 2. The second-order valence-corrected chi connectivity index (χ2v) is 6.39. The van der Waals surface area contributed by atoms with Crippen LogP contribution in [0.3, 0.4) is 0 Å². The minimum Gasteiger partial charge on any atom is -0.490 e. The highest BCUT2D eigenvalue weighted by Gasteiger charge is 2.19. The molecule has 1 saturated heterocycles. The van der Waals surface area contributed by atoms with Gasteiger partial charge in [-0.15, -0.1) is 0 Å². The first-order chi connectivity index (χ1) is 13.5. The van der Waals surface area contributed by atoms with E-state index in [0.29, 0.717) is 24.6 Å². The van der Waals surface area contributed by atoms with Gasteiger partial charge in [0.15, 0.2) is 11.7 Å². The maximum absolute atomic E-state index is 13.1. The minimum absolute atomic E-state index is 0.0957. The van der Waals surface area contributed by atoms with Crippen molar-refractivity contribution in [1.29, 1.82) is 0 Å². The lowest BCUT2D eigenvalue weighted by atomic mass is 10.2. The van der Waals surface area contributed by atoms with E-state index in [1.54, 1.807) is 24.3 Å². The number of piperazine rings is 1. The van der Waals surface area contributed by atoms with Gasteiger partial charge in [-0.1, -0.05) is 6.07 Å². The number of nitrogens with two attached hydrogens (primary N) is 1. The van der Waals surface area contributed by atoms with Crippen LogP contribution in [0.5, 0.6) is 5.75 Å². The van der Waals surface area contributed by atoms with Crippen LogP contribution in [0.1, 0.15) is 5.56 Å². The number of hydrogen-bond acceptors (Lipinski definition) is 5. The van der Waals surface area contributed by atoms with Gasteiger partial charge in [-0.2, -0.15) is 0 Å². The third-order valence-corrected chi connectivity index (χ3v) is 4.66. The number of guanidine groups is 1. The van der Waals surface area contributed by atoms with Gasteiger partial charge < -0.3 is 20.3 Å². The number of anilines is 1. The number of nitro groups is 1. The lowest BCUT2D eigenvalue weighted by Gasteiger charge is -2.36. The molecule has 0 amide bonds. The summed E-state index contributed by atoms with van der Waals surface area (Å²) in [5.74, 6) is 0.359. The first-order valence-electron chi connectivity index (χ1n) is 8.84. The number of hydrogen-bond donors (Lipinski definition) is 1. The van der Waals surface area contributed by atoms with E-state index in [2.05, 4.69) is 9.89 Å². The predicted molar refractivity (Wildman–Crippen MR) is 105 cm³/mol. The standard InChI is InChI=1S/C19H22FN5O3/c1-28-18-7-2-14(12-17(18)25(26)27)13-22-19(21)24-10-8-23(9-11-24)16-5-3-15(20)4-6-16/h2-7,12H,8-11,13H2,1H3,(H2,21,22). The first-order valence-corrected chi connectivity index (χ1v) is 8.84. The second kappa shape index (κ2) is 8.55. The first kappa shape index (κ1) is 19.4. The fourth-order valence-corrected chi connectivity index (χ4v) is 3.09. The Balaban J connectivity index is 1.60. The summed E-state index contributed by atoms with van der Waals surface area (Å²) in [5, 5.41) is 11.1. The molecule has 0 aromatic heterocycles. The van der Waals surface area contributed by atoms with E-state index in [4.69, 9.17) is 10.5 Å². The summed E-state index contributed by atoms with van der Waals surface area (Å²) in [6, 6.07) is 11.2. The molecule has 0 bridgehead atoms. The molecule has 3 rings (SSSR count). The summed E-state index contributed by atoms with van der Waals surface area (Å²) in [7, 11) is 1.39. The quantitative estimate of drug-likeness (QED) is 0.366. The van der Waals surface area contributed by atoms with E-state index in [1.807, 2.05) is 4.90 Å². The maximum atomic E-state index is 13.1. The van der Waals surface area contributed by atoms with E-state index in [9.17, 15) is 14.5 Å². The van der Waals surface area contributed by atoms with E-state index in [-0.39, 0.29) is 23.8 Å². The van der Waals surface area contributed by atoms with Crippen molar-refractivity contribution in [3.8, 4) is 5.75 Å². The van der Waals surface area contributed by atoms with Gasteiger partial charge in [-0.25, -0.2) is 9.38 Å². The average Bonchev–Trinajstić information content (AvgIpc) is 2.72. The van der Waals surface area contributed by atoms with Crippen LogP contribution >= 0.6 is 0 Å². The van der Waals surface area contributed by atoms with Crippen molar-refractivity contribution in [3.63, 3.8) is 0 Å². The zero-order valence-electron chi connectivity index (χ0n) is 15.5. The van der Waals surface area contributed by atoms with Crippen LogP contribution in [0.2, 0.25) is 0 Å². The average molecular weight is 387 g/mol. The third kappa shape index (κ3) is 4.48. The van der Waals surface area contributed by atoms with Crippen molar-refractivity contribution in [2.24, 2.45) is 10.7 Å². The minimum atomic E-state index is -0.482. The molecular formula is C19H22FN5O3. The Morgan fingerprint density at radius 2 is 1.89 bits per heavy atom. The number of halogens is 1. The molecule has 0 atom stereocenters. The van der Waals surface area contributed by atoms with E-state index in [1.165, 1.54) is 25.3 Å². The van der Waals surface area contributed by atoms with Crippen LogP contribution in [-0.2, 0) is 6.54 Å². The molecule has 0 saturated carbocycles. The van der Waals surface area contributed by atoms with Crippen molar-refractivity contribution in [2.75, 3.05) is 38.2 Å². The molecule has 28 heavy (non-hydrogen) atoms. The molecule has 0 unspecified atom stereocenters. The highest BCUT2D eigenvalue weighted by atomic mass is 19.1. The highest BCUT2D eigenvalue weighted by Crippen LogP contribution is 2.27. The van der Waals surface area contributed by atoms with Crippen LogP contribution in [-0.4, -0.2) is 49.1 Å². The van der Waals surface area contributed by atoms with Crippen LogP contribution in [0, 0.1) is 15.9 Å². The summed E-state index contributed by atoms with van der Waals surface area (Å²) in [4.78, 5) is 19.1. The fourth-order valence-electron chi connectivity index (χ4n) is 3.09. The van der Waals surface area contributed by atoms with Gasteiger partial charge in [0.2, 0.25) is 0 Å². The molecule has 0 radical (unpaired) electrons. The number of nitrogens with zero attached hydrogens (tertiary/aromatic N) is 4. The van der Waals surface area contributed by atoms with Crippen molar-refractivity contribution in [2.45, 2.75) is 6.54 Å². The zero-order chi connectivity index (χ0) is 20.1. The van der Waals surface area contributed by atoms with Crippen molar-refractivity contribution >= 4 is 17.3 Å². The zero-order valence-corrected chi connectivity index (χ0v) is 15.5. The SMILES string of the molecule is COc1ccc(CN=C(N)N2CCN(c3ccc(F)cc3)CC2)cc1[N+](=O)[O-]. The van der Waals surface area contributed by atoms with E-state index in [0.717, 1.165) is 18.8 Å². The molecule has 2 aromatic carbocycles.